The van der Waals surface area contributed by atoms with E-state index in [1.807, 2.05) is 19.9 Å². The number of hydrogen-bond acceptors (Lipinski definition) is 4. The number of thiophene rings is 1. The smallest absolute Gasteiger partial charge is 0.305 e. The van der Waals surface area contributed by atoms with Crippen LogP contribution in [0.15, 0.2) is 6.07 Å². The fraction of sp³-hybridized carbons (Fsp3) is 0.600. The number of ether oxygens (including phenoxy) is 1. The average molecular weight is 297 g/mol. The number of carbonyl (C=O) groups is 2. The summed E-state index contributed by atoms with van der Waals surface area (Å²) in [7, 11) is 1.41. The molecule has 0 aromatic carbocycles. The molecular formula is C15H23NO3S. The lowest BCUT2D eigenvalue weighted by molar-refractivity contribution is -0.140. The van der Waals surface area contributed by atoms with Crippen LogP contribution >= 0.6 is 11.3 Å². The maximum absolute atomic E-state index is 11.9. The summed E-state index contributed by atoms with van der Waals surface area (Å²) in [6.45, 7) is 4.73. The minimum Gasteiger partial charge on any atom is -0.469 e. The summed E-state index contributed by atoms with van der Waals surface area (Å²) in [5.74, 6) is -0.137. The Kier molecular flexibility index (Phi) is 7.30. The second kappa shape index (κ2) is 8.74. The fourth-order valence-electron chi connectivity index (χ4n) is 1.82. The number of amides is 1. The van der Waals surface area contributed by atoms with Gasteiger partial charge in [0.05, 0.1) is 12.0 Å². The van der Waals surface area contributed by atoms with Gasteiger partial charge in [0.15, 0.2) is 0 Å². The van der Waals surface area contributed by atoms with E-state index in [1.54, 1.807) is 0 Å². The van der Waals surface area contributed by atoms with E-state index in [1.165, 1.54) is 28.9 Å². The molecule has 1 aromatic heterocycles. The molecule has 0 saturated heterocycles. The third-order valence-electron chi connectivity index (χ3n) is 3.21. The monoisotopic (exact) mass is 297 g/mol. The molecule has 0 spiro atoms. The van der Waals surface area contributed by atoms with Crippen LogP contribution in [-0.4, -0.2) is 25.5 Å². The summed E-state index contributed by atoms with van der Waals surface area (Å²) in [5.41, 5.74) is 1.17. The van der Waals surface area contributed by atoms with Gasteiger partial charge in [-0.25, -0.2) is 0 Å². The molecule has 0 bridgehead atoms. The number of hydrogen-bond donors (Lipinski definition) is 1. The Morgan fingerprint density at radius 1 is 1.20 bits per heavy atom. The highest BCUT2D eigenvalue weighted by Gasteiger charge is 2.09. The highest BCUT2D eigenvalue weighted by Crippen LogP contribution is 2.20. The largest absolute Gasteiger partial charge is 0.469 e. The molecule has 0 atom stereocenters. The van der Waals surface area contributed by atoms with Gasteiger partial charge in [0.1, 0.15) is 0 Å². The molecule has 0 saturated carbocycles. The van der Waals surface area contributed by atoms with Crippen molar-refractivity contribution < 1.29 is 14.3 Å². The third-order valence-corrected chi connectivity index (χ3v) is 4.36. The molecule has 4 nitrogen and oxygen atoms in total. The van der Waals surface area contributed by atoms with Gasteiger partial charge in [0.25, 0.3) is 5.91 Å². The van der Waals surface area contributed by atoms with Crippen LogP contribution in [0.5, 0.6) is 0 Å². The zero-order valence-corrected chi connectivity index (χ0v) is 13.3. The molecule has 0 radical (unpaired) electrons. The van der Waals surface area contributed by atoms with Crippen LogP contribution in [0.1, 0.15) is 52.2 Å². The lowest BCUT2D eigenvalue weighted by atomic mass is 10.1. The van der Waals surface area contributed by atoms with Crippen molar-refractivity contribution in [1.82, 2.24) is 5.32 Å². The van der Waals surface area contributed by atoms with Crippen molar-refractivity contribution in [1.29, 1.82) is 0 Å². The van der Waals surface area contributed by atoms with E-state index < -0.39 is 0 Å². The Morgan fingerprint density at radius 2 is 1.90 bits per heavy atom. The molecule has 1 rings (SSSR count). The lowest BCUT2D eigenvalue weighted by Gasteiger charge is -2.03. The molecular weight excluding hydrogens is 274 g/mol. The van der Waals surface area contributed by atoms with Crippen LogP contribution < -0.4 is 5.32 Å². The van der Waals surface area contributed by atoms with Gasteiger partial charge in [-0.3, -0.25) is 9.59 Å². The highest BCUT2D eigenvalue weighted by atomic mass is 32.1. The summed E-state index contributed by atoms with van der Waals surface area (Å²) >= 11 is 1.54. The van der Waals surface area contributed by atoms with Gasteiger partial charge in [-0.15, -0.1) is 11.3 Å². The first-order valence-electron chi connectivity index (χ1n) is 6.96. The quantitative estimate of drug-likeness (QED) is 0.592. The van der Waals surface area contributed by atoms with Gasteiger partial charge in [-0.05, 0) is 38.3 Å². The van der Waals surface area contributed by atoms with Gasteiger partial charge < -0.3 is 10.1 Å². The molecule has 0 unspecified atom stereocenters. The Bertz CT molecular complexity index is 434. The van der Waals surface area contributed by atoms with E-state index in [4.69, 9.17) is 0 Å². The molecule has 1 aromatic rings. The van der Waals surface area contributed by atoms with Gasteiger partial charge in [-0.1, -0.05) is 12.8 Å². The summed E-state index contributed by atoms with van der Waals surface area (Å²) in [5, 5.41) is 2.93. The summed E-state index contributed by atoms with van der Waals surface area (Å²) < 4.78 is 4.58. The van der Waals surface area contributed by atoms with Crippen LogP contribution in [0.2, 0.25) is 0 Å². The predicted octanol–water partition coefficient (Wildman–Crippen LogP) is 3.22. The summed E-state index contributed by atoms with van der Waals surface area (Å²) in [4.78, 5) is 24.7. The molecule has 0 aliphatic rings. The van der Waals surface area contributed by atoms with E-state index in [2.05, 4.69) is 10.1 Å². The van der Waals surface area contributed by atoms with Crippen LogP contribution in [0, 0.1) is 13.8 Å². The number of unbranched alkanes of at least 4 members (excludes halogenated alkanes) is 3. The van der Waals surface area contributed by atoms with Crippen molar-refractivity contribution in [3.8, 4) is 0 Å². The van der Waals surface area contributed by atoms with E-state index >= 15 is 0 Å². The molecule has 1 N–H and O–H groups in total. The van der Waals surface area contributed by atoms with E-state index in [9.17, 15) is 9.59 Å². The van der Waals surface area contributed by atoms with Crippen LogP contribution in [0.25, 0.3) is 0 Å². The molecule has 1 heterocycles. The normalized spacial score (nSPS) is 10.3. The number of aryl methyl sites for hydroxylation is 2. The first-order chi connectivity index (χ1) is 9.54. The van der Waals surface area contributed by atoms with Gasteiger partial charge >= 0.3 is 5.97 Å². The van der Waals surface area contributed by atoms with Crippen molar-refractivity contribution in [3.05, 3.63) is 21.4 Å². The van der Waals surface area contributed by atoms with Crippen LogP contribution in [0.3, 0.4) is 0 Å². The molecule has 1 amide bonds. The van der Waals surface area contributed by atoms with Gasteiger partial charge in [0, 0.05) is 17.8 Å². The SMILES string of the molecule is COC(=O)CCCCCCNC(=O)c1cc(C)c(C)s1. The highest BCUT2D eigenvalue weighted by molar-refractivity contribution is 7.14. The molecule has 0 fully saturated rings. The van der Waals surface area contributed by atoms with Crippen molar-refractivity contribution >= 4 is 23.2 Å². The zero-order chi connectivity index (χ0) is 15.0. The van der Waals surface area contributed by atoms with Gasteiger partial charge in [0.2, 0.25) is 0 Å². The molecule has 0 aliphatic heterocycles. The Morgan fingerprint density at radius 3 is 2.50 bits per heavy atom. The second-order valence-electron chi connectivity index (χ2n) is 4.85. The van der Waals surface area contributed by atoms with E-state index in [0.29, 0.717) is 13.0 Å². The molecule has 112 valence electrons. The number of nitrogens with one attached hydrogen (secondary N) is 1. The number of esters is 1. The number of methoxy groups -OCH3 is 1. The first kappa shape index (κ1) is 16.7. The van der Waals surface area contributed by atoms with E-state index in [-0.39, 0.29) is 11.9 Å². The molecule has 5 heteroatoms. The summed E-state index contributed by atoms with van der Waals surface area (Å²) in [6.07, 6.45) is 4.28. The van der Waals surface area contributed by atoms with Crippen molar-refractivity contribution in [2.45, 2.75) is 46.0 Å². The maximum Gasteiger partial charge on any atom is 0.305 e. The minimum atomic E-state index is -0.151. The minimum absolute atomic E-state index is 0.0146. The molecule has 20 heavy (non-hydrogen) atoms. The number of carbonyl (C=O) groups excluding carboxylic acids is 2. The lowest BCUT2D eigenvalue weighted by Crippen LogP contribution is -2.23. The topological polar surface area (TPSA) is 55.4 Å². The average Bonchev–Trinajstić information content (AvgIpc) is 2.77. The Balaban J connectivity index is 2.09. The summed E-state index contributed by atoms with van der Waals surface area (Å²) in [6, 6.07) is 1.94. The van der Waals surface area contributed by atoms with Gasteiger partial charge in [-0.2, -0.15) is 0 Å². The van der Waals surface area contributed by atoms with Crippen molar-refractivity contribution in [2.75, 3.05) is 13.7 Å². The van der Waals surface area contributed by atoms with Crippen LogP contribution in [-0.2, 0) is 9.53 Å². The van der Waals surface area contributed by atoms with E-state index in [0.717, 1.165) is 30.6 Å². The first-order valence-corrected chi connectivity index (χ1v) is 7.78. The Labute approximate surface area is 124 Å². The molecule has 0 aliphatic carbocycles. The standard InChI is InChI=1S/C15H23NO3S/c1-11-10-13(20-12(11)2)15(18)16-9-7-5-4-6-8-14(17)19-3/h10H,4-9H2,1-3H3,(H,16,18). The second-order valence-corrected chi connectivity index (χ2v) is 6.10. The predicted molar refractivity (Wildman–Crippen MR) is 81.2 cm³/mol. The maximum atomic E-state index is 11.9. The van der Waals surface area contributed by atoms with Crippen molar-refractivity contribution in [2.24, 2.45) is 0 Å². The Hall–Kier alpha value is -1.36. The number of rotatable bonds is 8. The fourth-order valence-corrected chi connectivity index (χ4v) is 2.77. The van der Waals surface area contributed by atoms with Crippen molar-refractivity contribution in [3.63, 3.8) is 0 Å². The van der Waals surface area contributed by atoms with Crippen LogP contribution in [0.4, 0.5) is 0 Å². The zero-order valence-electron chi connectivity index (χ0n) is 12.5. The third kappa shape index (κ3) is 5.74.